The zero-order valence-electron chi connectivity index (χ0n) is 9.17. The van der Waals surface area contributed by atoms with Crippen molar-refractivity contribution < 1.29 is 14.7 Å². The van der Waals surface area contributed by atoms with Crippen LogP contribution >= 0.6 is 0 Å². The summed E-state index contributed by atoms with van der Waals surface area (Å²) >= 11 is 0. The highest BCUT2D eigenvalue weighted by molar-refractivity contribution is 5.86. The molecule has 6 nitrogen and oxygen atoms in total. The minimum Gasteiger partial charge on any atom is -0.480 e. The number of aromatic nitrogens is 1. The lowest BCUT2D eigenvalue weighted by molar-refractivity contribution is -0.144. The van der Waals surface area contributed by atoms with Crippen LogP contribution in [0.3, 0.4) is 0 Å². The highest BCUT2D eigenvalue weighted by Gasteiger charge is 2.29. The van der Waals surface area contributed by atoms with Gasteiger partial charge in [0, 0.05) is 25.5 Å². The van der Waals surface area contributed by atoms with Crippen molar-refractivity contribution >= 4 is 11.9 Å². The predicted octanol–water partition coefficient (Wildman–Crippen LogP) is -0.533. The van der Waals surface area contributed by atoms with Gasteiger partial charge < -0.3 is 10.4 Å². The highest BCUT2D eigenvalue weighted by Crippen LogP contribution is 2.07. The average Bonchev–Trinajstić information content (AvgIpc) is 2.29. The SMILES string of the molecule is O=C1CN(Cc2cccnc2)CC(C(=O)O)N1. The third-order valence-electron chi connectivity index (χ3n) is 2.57. The molecule has 0 aliphatic carbocycles. The molecule has 0 spiro atoms. The molecule has 90 valence electrons. The van der Waals surface area contributed by atoms with Crippen LogP contribution in [0.2, 0.25) is 0 Å². The molecule has 1 saturated heterocycles. The first-order chi connectivity index (χ1) is 8.15. The number of nitrogens with one attached hydrogen (secondary N) is 1. The van der Waals surface area contributed by atoms with Gasteiger partial charge in [-0.3, -0.25) is 14.7 Å². The number of pyridine rings is 1. The molecule has 2 rings (SSSR count). The summed E-state index contributed by atoms with van der Waals surface area (Å²) in [6.45, 7) is 1.07. The van der Waals surface area contributed by atoms with Gasteiger partial charge in [-0.1, -0.05) is 6.07 Å². The van der Waals surface area contributed by atoms with E-state index in [1.165, 1.54) is 0 Å². The van der Waals surface area contributed by atoms with Gasteiger partial charge in [0.25, 0.3) is 0 Å². The Balaban J connectivity index is 2.01. The molecule has 0 saturated carbocycles. The van der Waals surface area contributed by atoms with Crippen molar-refractivity contribution in [3.63, 3.8) is 0 Å². The van der Waals surface area contributed by atoms with Crippen molar-refractivity contribution in [3.05, 3.63) is 30.1 Å². The van der Waals surface area contributed by atoms with Gasteiger partial charge in [-0.2, -0.15) is 0 Å². The first-order valence-electron chi connectivity index (χ1n) is 5.28. The molecule has 0 aromatic carbocycles. The third kappa shape index (κ3) is 3.01. The summed E-state index contributed by atoms with van der Waals surface area (Å²) in [6, 6.07) is 2.89. The van der Waals surface area contributed by atoms with Crippen molar-refractivity contribution in [2.45, 2.75) is 12.6 Å². The molecule has 1 unspecified atom stereocenters. The standard InChI is InChI=1S/C11H13N3O3/c15-10-7-14(6-9(13-10)11(16)17)5-8-2-1-3-12-4-8/h1-4,9H,5-7H2,(H,13,15)(H,16,17). The molecule has 1 aliphatic heterocycles. The van der Waals surface area contributed by atoms with E-state index in [1.807, 2.05) is 12.1 Å². The van der Waals surface area contributed by atoms with Crippen LogP contribution in [0.4, 0.5) is 0 Å². The summed E-state index contributed by atoms with van der Waals surface area (Å²) in [7, 11) is 0. The van der Waals surface area contributed by atoms with Crippen molar-refractivity contribution in [2.75, 3.05) is 13.1 Å². The van der Waals surface area contributed by atoms with Gasteiger partial charge in [-0.25, -0.2) is 4.79 Å². The second kappa shape index (κ2) is 4.92. The summed E-state index contributed by atoms with van der Waals surface area (Å²) in [5.74, 6) is -1.26. The smallest absolute Gasteiger partial charge is 0.327 e. The van der Waals surface area contributed by atoms with Gasteiger partial charge >= 0.3 is 5.97 Å². The Morgan fingerprint density at radius 1 is 1.65 bits per heavy atom. The fourth-order valence-electron chi connectivity index (χ4n) is 1.82. The largest absolute Gasteiger partial charge is 0.480 e. The van der Waals surface area contributed by atoms with Gasteiger partial charge in [0.05, 0.1) is 6.54 Å². The van der Waals surface area contributed by atoms with Gasteiger partial charge in [0.15, 0.2) is 0 Å². The number of hydrogen-bond acceptors (Lipinski definition) is 4. The maximum absolute atomic E-state index is 11.3. The van der Waals surface area contributed by atoms with Crippen LogP contribution in [0.1, 0.15) is 5.56 Å². The molecule has 6 heteroatoms. The van der Waals surface area contributed by atoms with Crippen LogP contribution in [0, 0.1) is 0 Å². The van der Waals surface area contributed by atoms with Crippen LogP contribution in [-0.2, 0) is 16.1 Å². The number of hydrogen-bond donors (Lipinski definition) is 2. The summed E-state index contributed by atoms with van der Waals surface area (Å²) in [5, 5.41) is 11.3. The normalized spacial score (nSPS) is 20.9. The molecule has 2 N–H and O–H groups in total. The second-order valence-corrected chi connectivity index (χ2v) is 3.99. The number of carbonyl (C=O) groups excluding carboxylic acids is 1. The first-order valence-corrected chi connectivity index (χ1v) is 5.28. The van der Waals surface area contributed by atoms with E-state index in [0.717, 1.165) is 5.56 Å². The Bertz CT molecular complexity index is 421. The van der Waals surface area contributed by atoms with Crippen molar-refractivity contribution in [3.8, 4) is 0 Å². The third-order valence-corrected chi connectivity index (χ3v) is 2.57. The minimum absolute atomic E-state index is 0.221. The monoisotopic (exact) mass is 235 g/mol. The topological polar surface area (TPSA) is 82.5 Å². The number of aliphatic carboxylic acids is 1. The summed E-state index contributed by atoms with van der Waals surface area (Å²) < 4.78 is 0. The molecule has 1 fully saturated rings. The first kappa shape index (κ1) is 11.5. The minimum atomic E-state index is -1.01. The van der Waals surface area contributed by atoms with E-state index >= 15 is 0 Å². The Kier molecular flexibility index (Phi) is 3.34. The fraction of sp³-hybridized carbons (Fsp3) is 0.364. The van der Waals surface area contributed by atoms with Crippen molar-refractivity contribution in [2.24, 2.45) is 0 Å². The lowest BCUT2D eigenvalue weighted by Gasteiger charge is -2.30. The molecule has 1 aromatic rings. The number of carboxylic acids is 1. The molecule has 1 atom stereocenters. The van der Waals surface area contributed by atoms with E-state index in [-0.39, 0.29) is 12.5 Å². The molecule has 2 heterocycles. The maximum atomic E-state index is 11.3. The number of rotatable bonds is 3. The number of carboxylic acid groups (broad SMARTS) is 1. The molecule has 0 bridgehead atoms. The lowest BCUT2D eigenvalue weighted by Crippen LogP contribution is -2.56. The highest BCUT2D eigenvalue weighted by atomic mass is 16.4. The van der Waals surface area contributed by atoms with Gasteiger partial charge in [-0.15, -0.1) is 0 Å². The molecule has 1 aromatic heterocycles. The van der Waals surface area contributed by atoms with Gasteiger partial charge in [-0.05, 0) is 11.6 Å². The quantitative estimate of drug-likeness (QED) is 0.735. The van der Waals surface area contributed by atoms with Gasteiger partial charge in [0.2, 0.25) is 5.91 Å². The zero-order chi connectivity index (χ0) is 12.3. The Hall–Kier alpha value is -1.95. The number of carbonyl (C=O) groups is 2. The van der Waals surface area contributed by atoms with Crippen molar-refractivity contribution in [1.29, 1.82) is 0 Å². The predicted molar refractivity (Wildman–Crippen MR) is 59.1 cm³/mol. The Labute approximate surface area is 98.3 Å². The maximum Gasteiger partial charge on any atom is 0.327 e. The van der Waals surface area contributed by atoms with E-state index in [4.69, 9.17) is 5.11 Å². The fourth-order valence-corrected chi connectivity index (χ4v) is 1.82. The van der Waals surface area contributed by atoms with E-state index in [0.29, 0.717) is 13.1 Å². The van der Waals surface area contributed by atoms with E-state index in [2.05, 4.69) is 10.3 Å². The molecular weight excluding hydrogens is 222 g/mol. The lowest BCUT2D eigenvalue weighted by atomic mass is 10.2. The second-order valence-electron chi connectivity index (χ2n) is 3.99. The molecule has 1 amide bonds. The van der Waals surface area contributed by atoms with Crippen LogP contribution in [0.15, 0.2) is 24.5 Å². The summed E-state index contributed by atoms with van der Waals surface area (Å²) in [5.41, 5.74) is 0.964. The van der Waals surface area contributed by atoms with E-state index in [1.54, 1.807) is 17.3 Å². The number of nitrogens with zero attached hydrogens (tertiary/aromatic N) is 2. The van der Waals surface area contributed by atoms with Crippen LogP contribution in [0.5, 0.6) is 0 Å². The molecule has 17 heavy (non-hydrogen) atoms. The number of piperazine rings is 1. The van der Waals surface area contributed by atoms with E-state index in [9.17, 15) is 9.59 Å². The van der Waals surface area contributed by atoms with Crippen LogP contribution in [0.25, 0.3) is 0 Å². The van der Waals surface area contributed by atoms with Gasteiger partial charge in [0.1, 0.15) is 6.04 Å². The summed E-state index contributed by atoms with van der Waals surface area (Å²) in [6.07, 6.45) is 3.38. The number of amides is 1. The van der Waals surface area contributed by atoms with Crippen LogP contribution < -0.4 is 5.32 Å². The molecule has 0 radical (unpaired) electrons. The van der Waals surface area contributed by atoms with Crippen LogP contribution in [-0.4, -0.2) is 46.0 Å². The molecular formula is C11H13N3O3. The summed E-state index contributed by atoms with van der Waals surface area (Å²) in [4.78, 5) is 28.0. The Morgan fingerprint density at radius 3 is 3.12 bits per heavy atom. The van der Waals surface area contributed by atoms with E-state index < -0.39 is 12.0 Å². The Morgan fingerprint density at radius 2 is 2.47 bits per heavy atom. The zero-order valence-corrected chi connectivity index (χ0v) is 9.17. The van der Waals surface area contributed by atoms with Crippen molar-refractivity contribution in [1.82, 2.24) is 15.2 Å². The average molecular weight is 235 g/mol. The molecule has 1 aliphatic rings.